The quantitative estimate of drug-likeness (QED) is 0.476. The summed E-state index contributed by atoms with van der Waals surface area (Å²) in [6.45, 7) is 0. The summed E-state index contributed by atoms with van der Waals surface area (Å²) in [5.74, 6) is -0.0190. The predicted molar refractivity (Wildman–Crippen MR) is 107 cm³/mol. The molecule has 0 aliphatic carbocycles. The second-order valence-corrected chi connectivity index (χ2v) is 8.94. The standard InChI is InChI=1S/C19H18O7S2/c1-27(21,22)25-18-7-3-5-15(13-18)9-11-17(20)12-10-16-6-4-8-19(14-16)26-28(2,23)24/h3-14H,1-2H3. The highest BCUT2D eigenvalue weighted by Crippen LogP contribution is 2.17. The summed E-state index contributed by atoms with van der Waals surface area (Å²) in [5, 5.41) is 0. The second kappa shape index (κ2) is 8.85. The molecule has 0 bridgehead atoms. The van der Waals surface area contributed by atoms with E-state index < -0.39 is 20.2 Å². The summed E-state index contributed by atoms with van der Waals surface area (Å²) in [6, 6.07) is 12.5. The topological polar surface area (TPSA) is 104 Å². The first-order chi connectivity index (χ1) is 13.0. The lowest BCUT2D eigenvalue weighted by molar-refractivity contribution is -0.110. The molecule has 0 heterocycles. The maximum atomic E-state index is 12.0. The van der Waals surface area contributed by atoms with E-state index in [0.29, 0.717) is 11.1 Å². The van der Waals surface area contributed by atoms with E-state index in [1.54, 1.807) is 24.3 Å². The van der Waals surface area contributed by atoms with E-state index >= 15 is 0 Å². The number of carbonyl (C=O) groups is 1. The zero-order valence-corrected chi connectivity index (χ0v) is 16.7. The van der Waals surface area contributed by atoms with Crippen molar-refractivity contribution in [2.75, 3.05) is 12.5 Å². The molecule has 0 saturated carbocycles. The van der Waals surface area contributed by atoms with E-state index in [4.69, 9.17) is 8.37 Å². The third-order valence-electron chi connectivity index (χ3n) is 3.09. The lowest BCUT2D eigenvalue weighted by Gasteiger charge is -2.03. The lowest BCUT2D eigenvalue weighted by Crippen LogP contribution is -2.05. The Bertz CT molecular complexity index is 1040. The van der Waals surface area contributed by atoms with Gasteiger partial charge in [0.25, 0.3) is 0 Å². The highest BCUT2D eigenvalue weighted by molar-refractivity contribution is 7.86. The van der Waals surface area contributed by atoms with Gasteiger partial charge >= 0.3 is 20.2 Å². The fourth-order valence-electron chi connectivity index (χ4n) is 2.10. The van der Waals surface area contributed by atoms with Gasteiger partial charge in [0.15, 0.2) is 5.78 Å². The van der Waals surface area contributed by atoms with Crippen LogP contribution in [0, 0.1) is 0 Å². The first-order valence-electron chi connectivity index (χ1n) is 7.89. The largest absolute Gasteiger partial charge is 0.383 e. The summed E-state index contributed by atoms with van der Waals surface area (Å²) in [6.07, 6.45) is 7.55. The molecule has 0 amide bonds. The van der Waals surface area contributed by atoms with E-state index in [-0.39, 0.29) is 17.3 Å². The molecule has 0 radical (unpaired) electrons. The van der Waals surface area contributed by atoms with Gasteiger partial charge in [0, 0.05) is 0 Å². The van der Waals surface area contributed by atoms with Crippen molar-refractivity contribution in [3.05, 3.63) is 71.8 Å². The summed E-state index contributed by atoms with van der Waals surface area (Å²) in [4.78, 5) is 12.0. The Hall–Kier alpha value is -2.91. The molecule has 0 atom stereocenters. The predicted octanol–water partition coefficient (Wildman–Crippen LogP) is 2.66. The molecule has 0 unspecified atom stereocenters. The van der Waals surface area contributed by atoms with Gasteiger partial charge in [-0.05, 0) is 47.5 Å². The molecular formula is C19H18O7S2. The minimum Gasteiger partial charge on any atom is -0.383 e. The molecule has 0 fully saturated rings. The molecule has 9 heteroatoms. The maximum Gasteiger partial charge on any atom is 0.306 e. The first-order valence-corrected chi connectivity index (χ1v) is 11.5. The Morgan fingerprint density at radius 3 is 1.50 bits per heavy atom. The van der Waals surface area contributed by atoms with Crippen LogP contribution in [0.1, 0.15) is 11.1 Å². The summed E-state index contributed by atoms with van der Waals surface area (Å²) in [5.41, 5.74) is 1.18. The van der Waals surface area contributed by atoms with Crippen LogP contribution >= 0.6 is 0 Å². The Morgan fingerprint density at radius 2 is 1.14 bits per heavy atom. The number of allylic oxidation sites excluding steroid dienone is 2. The van der Waals surface area contributed by atoms with Gasteiger partial charge in [0.1, 0.15) is 11.5 Å². The zero-order chi connectivity index (χ0) is 20.8. The van der Waals surface area contributed by atoms with E-state index in [2.05, 4.69) is 0 Å². The van der Waals surface area contributed by atoms with Gasteiger partial charge < -0.3 is 8.37 Å². The molecule has 2 aromatic rings. The van der Waals surface area contributed by atoms with Gasteiger partial charge in [0.2, 0.25) is 0 Å². The van der Waals surface area contributed by atoms with Crippen molar-refractivity contribution < 1.29 is 30.0 Å². The minimum atomic E-state index is -3.63. The third kappa shape index (κ3) is 8.19. The van der Waals surface area contributed by atoms with E-state index in [0.717, 1.165) is 12.5 Å². The second-order valence-electron chi connectivity index (χ2n) is 5.79. The van der Waals surface area contributed by atoms with E-state index in [1.807, 2.05) is 0 Å². The average Bonchev–Trinajstić information content (AvgIpc) is 2.56. The fourth-order valence-corrected chi connectivity index (χ4v) is 3.01. The zero-order valence-electron chi connectivity index (χ0n) is 15.1. The number of hydrogen-bond acceptors (Lipinski definition) is 7. The Kier molecular flexibility index (Phi) is 6.76. The van der Waals surface area contributed by atoms with Gasteiger partial charge in [-0.3, -0.25) is 4.79 Å². The molecule has 7 nitrogen and oxygen atoms in total. The van der Waals surface area contributed by atoms with Crippen molar-refractivity contribution >= 4 is 38.2 Å². The molecule has 0 N–H and O–H groups in total. The number of ketones is 1. The minimum absolute atomic E-state index is 0.148. The van der Waals surface area contributed by atoms with Gasteiger partial charge in [-0.1, -0.05) is 36.4 Å². The number of benzene rings is 2. The van der Waals surface area contributed by atoms with Crippen LogP contribution in [0.3, 0.4) is 0 Å². The molecule has 2 aromatic carbocycles. The summed E-state index contributed by atoms with van der Waals surface area (Å²) >= 11 is 0. The van der Waals surface area contributed by atoms with E-state index in [1.165, 1.54) is 48.6 Å². The van der Waals surface area contributed by atoms with Crippen LogP contribution in [0.2, 0.25) is 0 Å². The van der Waals surface area contributed by atoms with Crippen molar-refractivity contribution in [2.24, 2.45) is 0 Å². The molecule has 0 aromatic heterocycles. The van der Waals surface area contributed by atoms with Crippen LogP contribution in [-0.4, -0.2) is 35.1 Å². The number of rotatable bonds is 8. The average molecular weight is 422 g/mol. The van der Waals surface area contributed by atoms with Crippen LogP contribution in [-0.2, 0) is 25.0 Å². The maximum absolute atomic E-state index is 12.0. The normalized spacial score (nSPS) is 12.4. The Balaban J connectivity index is 2.06. The molecule has 0 spiro atoms. The molecule has 148 valence electrons. The van der Waals surface area contributed by atoms with Crippen LogP contribution in [0.4, 0.5) is 0 Å². The third-order valence-corrected chi connectivity index (χ3v) is 4.08. The fraction of sp³-hybridized carbons (Fsp3) is 0.105. The van der Waals surface area contributed by atoms with Crippen molar-refractivity contribution in [3.8, 4) is 11.5 Å². The highest BCUT2D eigenvalue weighted by Gasteiger charge is 2.05. The summed E-state index contributed by atoms with van der Waals surface area (Å²) < 4.78 is 54.2. The van der Waals surface area contributed by atoms with Crippen LogP contribution in [0.5, 0.6) is 11.5 Å². The Labute approximate surface area is 164 Å². The van der Waals surface area contributed by atoms with Gasteiger partial charge in [-0.15, -0.1) is 0 Å². The first kappa shape index (κ1) is 21.4. The van der Waals surface area contributed by atoms with E-state index in [9.17, 15) is 21.6 Å². The van der Waals surface area contributed by atoms with Gasteiger partial charge in [-0.2, -0.15) is 16.8 Å². The SMILES string of the molecule is CS(=O)(=O)Oc1cccc(C=CC(=O)C=Cc2cccc(OS(C)(=O)=O)c2)c1. The molecule has 0 saturated heterocycles. The number of hydrogen-bond donors (Lipinski definition) is 0. The Morgan fingerprint density at radius 1 is 0.750 bits per heavy atom. The van der Waals surface area contributed by atoms with Crippen molar-refractivity contribution in [2.45, 2.75) is 0 Å². The molecule has 2 rings (SSSR count). The molecule has 0 aliphatic heterocycles. The molecular weight excluding hydrogens is 404 g/mol. The highest BCUT2D eigenvalue weighted by atomic mass is 32.2. The van der Waals surface area contributed by atoms with Crippen LogP contribution in [0.25, 0.3) is 12.2 Å². The monoisotopic (exact) mass is 422 g/mol. The van der Waals surface area contributed by atoms with Crippen molar-refractivity contribution in [1.29, 1.82) is 0 Å². The number of carbonyl (C=O) groups excluding carboxylic acids is 1. The molecule has 0 aliphatic rings. The smallest absolute Gasteiger partial charge is 0.306 e. The van der Waals surface area contributed by atoms with Gasteiger partial charge in [0.05, 0.1) is 12.5 Å². The van der Waals surface area contributed by atoms with Crippen molar-refractivity contribution in [3.63, 3.8) is 0 Å². The van der Waals surface area contributed by atoms with Gasteiger partial charge in [-0.25, -0.2) is 0 Å². The van der Waals surface area contributed by atoms with Crippen LogP contribution in [0.15, 0.2) is 60.7 Å². The van der Waals surface area contributed by atoms with Crippen LogP contribution < -0.4 is 8.37 Å². The summed E-state index contributed by atoms with van der Waals surface area (Å²) in [7, 11) is -7.26. The molecule has 28 heavy (non-hydrogen) atoms. The lowest BCUT2D eigenvalue weighted by atomic mass is 10.1. The van der Waals surface area contributed by atoms with Crippen molar-refractivity contribution in [1.82, 2.24) is 0 Å².